The van der Waals surface area contributed by atoms with Crippen molar-refractivity contribution in [1.29, 1.82) is 0 Å². The smallest absolute Gasteiger partial charge is 0.235 e. The minimum Gasteiger partial charge on any atom is -0.342 e. The maximum Gasteiger partial charge on any atom is 0.235 e. The van der Waals surface area contributed by atoms with Gasteiger partial charge in [-0.3, -0.25) is 9.69 Å². The first-order valence-corrected chi connectivity index (χ1v) is 2.82. The second-order valence-electron chi connectivity index (χ2n) is 1.90. The number of carbonyl (C=O) groups is 1. The van der Waals surface area contributed by atoms with Gasteiger partial charge in [-0.05, 0) is 6.54 Å². The van der Waals surface area contributed by atoms with Crippen LogP contribution in [0.2, 0.25) is 0 Å². The van der Waals surface area contributed by atoms with E-state index in [2.05, 4.69) is 5.32 Å². The summed E-state index contributed by atoms with van der Waals surface area (Å²) in [5.41, 5.74) is 0. The standard InChI is InChI=1S/C5H10N2O/c1-2-7-3-5(8)6-4-7/h2-4H2,1H3,(H,6,8). The van der Waals surface area contributed by atoms with E-state index >= 15 is 0 Å². The van der Waals surface area contributed by atoms with E-state index in [0.29, 0.717) is 6.54 Å². The van der Waals surface area contributed by atoms with Crippen molar-refractivity contribution in [2.75, 3.05) is 19.8 Å². The van der Waals surface area contributed by atoms with Crippen molar-refractivity contribution in [2.24, 2.45) is 0 Å². The van der Waals surface area contributed by atoms with Crippen LogP contribution < -0.4 is 5.32 Å². The van der Waals surface area contributed by atoms with Gasteiger partial charge in [0.25, 0.3) is 0 Å². The van der Waals surface area contributed by atoms with E-state index in [1.807, 2.05) is 11.8 Å². The van der Waals surface area contributed by atoms with Crippen molar-refractivity contribution in [3.63, 3.8) is 0 Å². The minimum atomic E-state index is 0.145. The first-order valence-electron chi connectivity index (χ1n) is 2.82. The van der Waals surface area contributed by atoms with Gasteiger partial charge in [-0.1, -0.05) is 6.92 Å². The lowest BCUT2D eigenvalue weighted by molar-refractivity contribution is -0.118. The lowest BCUT2D eigenvalue weighted by atomic mass is 10.6. The fraction of sp³-hybridized carbons (Fsp3) is 0.800. The van der Waals surface area contributed by atoms with Crippen LogP contribution in [0.3, 0.4) is 0 Å². The van der Waals surface area contributed by atoms with E-state index in [4.69, 9.17) is 0 Å². The number of nitrogens with zero attached hydrogens (tertiary/aromatic N) is 1. The van der Waals surface area contributed by atoms with Gasteiger partial charge in [-0.25, -0.2) is 0 Å². The molecule has 0 spiro atoms. The zero-order chi connectivity index (χ0) is 5.98. The van der Waals surface area contributed by atoms with Crippen LogP contribution in [-0.4, -0.2) is 30.6 Å². The van der Waals surface area contributed by atoms with E-state index in [1.165, 1.54) is 0 Å². The minimum absolute atomic E-state index is 0.145. The highest BCUT2D eigenvalue weighted by molar-refractivity contribution is 5.79. The molecule has 1 aliphatic rings. The van der Waals surface area contributed by atoms with Crippen molar-refractivity contribution in [3.05, 3.63) is 0 Å². The molecule has 3 heteroatoms. The first kappa shape index (κ1) is 5.56. The molecule has 0 aromatic carbocycles. The summed E-state index contributed by atoms with van der Waals surface area (Å²) in [7, 11) is 0. The van der Waals surface area contributed by atoms with Gasteiger partial charge in [-0.15, -0.1) is 0 Å². The summed E-state index contributed by atoms with van der Waals surface area (Å²) in [4.78, 5) is 12.5. The van der Waals surface area contributed by atoms with Crippen LogP contribution in [0.15, 0.2) is 0 Å². The van der Waals surface area contributed by atoms with Gasteiger partial charge in [0.2, 0.25) is 5.91 Å². The summed E-state index contributed by atoms with van der Waals surface area (Å²) in [5, 5.41) is 2.71. The molecule has 0 aromatic heterocycles. The molecular formula is C5H10N2O. The summed E-state index contributed by atoms with van der Waals surface area (Å²) in [6.07, 6.45) is 0. The van der Waals surface area contributed by atoms with Crippen molar-refractivity contribution in [1.82, 2.24) is 10.2 Å². The van der Waals surface area contributed by atoms with Crippen molar-refractivity contribution in [2.45, 2.75) is 6.92 Å². The molecule has 0 bridgehead atoms. The summed E-state index contributed by atoms with van der Waals surface area (Å²) >= 11 is 0. The average Bonchev–Trinajstić information content (AvgIpc) is 2.14. The molecule has 0 saturated carbocycles. The molecule has 0 unspecified atom stereocenters. The van der Waals surface area contributed by atoms with Crippen LogP contribution in [0.5, 0.6) is 0 Å². The van der Waals surface area contributed by atoms with Gasteiger partial charge >= 0.3 is 0 Å². The highest BCUT2D eigenvalue weighted by Crippen LogP contribution is 1.90. The molecule has 0 aromatic rings. The quantitative estimate of drug-likeness (QED) is 0.493. The van der Waals surface area contributed by atoms with Crippen LogP contribution in [0.4, 0.5) is 0 Å². The van der Waals surface area contributed by atoms with Crippen LogP contribution in [-0.2, 0) is 4.79 Å². The van der Waals surface area contributed by atoms with Crippen LogP contribution >= 0.6 is 0 Å². The van der Waals surface area contributed by atoms with E-state index in [0.717, 1.165) is 13.2 Å². The van der Waals surface area contributed by atoms with E-state index in [-0.39, 0.29) is 5.91 Å². The van der Waals surface area contributed by atoms with Gasteiger partial charge in [0, 0.05) is 0 Å². The maximum atomic E-state index is 10.5. The van der Waals surface area contributed by atoms with Gasteiger partial charge in [0.15, 0.2) is 0 Å². The third-order valence-corrected chi connectivity index (χ3v) is 1.31. The van der Waals surface area contributed by atoms with Gasteiger partial charge in [-0.2, -0.15) is 0 Å². The Kier molecular flexibility index (Phi) is 1.48. The van der Waals surface area contributed by atoms with E-state index in [1.54, 1.807) is 0 Å². The number of rotatable bonds is 1. The maximum absolute atomic E-state index is 10.5. The van der Waals surface area contributed by atoms with Crippen LogP contribution in [0, 0.1) is 0 Å². The molecule has 1 heterocycles. The Labute approximate surface area is 48.7 Å². The molecule has 3 nitrogen and oxygen atoms in total. The Hall–Kier alpha value is -0.570. The SMILES string of the molecule is CCN1CNC(=O)C1. The van der Waals surface area contributed by atoms with Crippen molar-refractivity contribution in [3.8, 4) is 0 Å². The van der Waals surface area contributed by atoms with Gasteiger partial charge in [0.1, 0.15) is 0 Å². The molecule has 1 aliphatic heterocycles. The fourth-order valence-corrected chi connectivity index (χ4v) is 0.738. The zero-order valence-electron chi connectivity index (χ0n) is 4.98. The number of hydrogen-bond donors (Lipinski definition) is 1. The number of carbonyl (C=O) groups excluding carboxylic acids is 1. The Morgan fingerprint density at radius 2 is 2.62 bits per heavy atom. The first-order chi connectivity index (χ1) is 3.83. The van der Waals surface area contributed by atoms with Gasteiger partial charge in [0.05, 0.1) is 13.2 Å². The molecule has 1 fully saturated rings. The largest absolute Gasteiger partial charge is 0.342 e. The normalized spacial score (nSPS) is 21.4. The summed E-state index contributed by atoms with van der Waals surface area (Å²) in [6, 6.07) is 0. The molecular weight excluding hydrogens is 104 g/mol. The second-order valence-corrected chi connectivity index (χ2v) is 1.90. The van der Waals surface area contributed by atoms with Crippen molar-refractivity contribution >= 4 is 5.91 Å². The summed E-state index contributed by atoms with van der Waals surface area (Å²) in [6.45, 7) is 4.31. The predicted octanol–water partition coefficient (Wildman–Crippen LogP) is -0.604. The Bertz CT molecular complexity index is 103. The molecule has 1 N–H and O–H groups in total. The highest BCUT2D eigenvalue weighted by atomic mass is 16.2. The Morgan fingerprint density at radius 1 is 1.88 bits per heavy atom. The molecule has 8 heavy (non-hydrogen) atoms. The summed E-state index contributed by atoms with van der Waals surface area (Å²) < 4.78 is 0. The summed E-state index contributed by atoms with van der Waals surface area (Å²) in [5.74, 6) is 0.145. The van der Waals surface area contributed by atoms with Gasteiger partial charge < -0.3 is 5.32 Å². The third kappa shape index (κ3) is 0.980. The molecule has 1 amide bonds. The number of nitrogens with one attached hydrogen (secondary N) is 1. The number of hydrogen-bond acceptors (Lipinski definition) is 2. The number of likely N-dealkylation sites (N-methyl/N-ethyl adjacent to an activating group) is 1. The molecule has 1 saturated heterocycles. The fourth-order valence-electron chi connectivity index (χ4n) is 0.738. The molecule has 0 aliphatic carbocycles. The lowest BCUT2D eigenvalue weighted by Crippen LogP contribution is -2.20. The highest BCUT2D eigenvalue weighted by Gasteiger charge is 2.14. The van der Waals surface area contributed by atoms with Crippen LogP contribution in [0.1, 0.15) is 6.92 Å². The lowest BCUT2D eigenvalue weighted by Gasteiger charge is -2.05. The van der Waals surface area contributed by atoms with Crippen LogP contribution in [0.25, 0.3) is 0 Å². The third-order valence-electron chi connectivity index (χ3n) is 1.31. The van der Waals surface area contributed by atoms with Crippen molar-refractivity contribution < 1.29 is 4.79 Å². The Morgan fingerprint density at radius 3 is 2.88 bits per heavy atom. The molecule has 1 rings (SSSR count). The molecule has 0 atom stereocenters. The topological polar surface area (TPSA) is 32.3 Å². The molecule has 0 radical (unpaired) electrons. The Balaban J connectivity index is 2.32. The predicted molar refractivity (Wildman–Crippen MR) is 30.3 cm³/mol. The molecule has 46 valence electrons. The number of amides is 1. The average molecular weight is 114 g/mol. The van der Waals surface area contributed by atoms with E-state index in [9.17, 15) is 4.79 Å². The zero-order valence-corrected chi connectivity index (χ0v) is 4.98. The van der Waals surface area contributed by atoms with E-state index < -0.39 is 0 Å². The monoisotopic (exact) mass is 114 g/mol. The second kappa shape index (κ2) is 2.13.